The number of nitrogens with one attached hydrogen (secondary N) is 3. The van der Waals surface area contributed by atoms with Crippen molar-refractivity contribution in [3.63, 3.8) is 0 Å². The maximum atomic E-state index is 13.7. The molecular weight excluding hydrogens is 461 g/mol. The summed E-state index contributed by atoms with van der Waals surface area (Å²) in [6, 6.07) is 22.6. The number of anilines is 1. The minimum atomic E-state index is -0.746. The van der Waals surface area contributed by atoms with E-state index < -0.39 is 30.1 Å². The molecule has 8 heteroatoms. The Kier molecular flexibility index (Phi) is 8.44. The van der Waals surface area contributed by atoms with Gasteiger partial charge in [-0.25, -0.2) is 9.18 Å². The molecule has 1 heterocycles. The number of amides is 3. The Morgan fingerprint density at radius 2 is 1.58 bits per heavy atom. The van der Waals surface area contributed by atoms with E-state index in [0.717, 1.165) is 16.7 Å². The van der Waals surface area contributed by atoms with Crippen LogP contribution in [0.5, 0.6) is 0 Å². The molecule has 186 valence electrons. The summed E-state index contributed by atoms with van der Waals surface area (Å²) in [5.74, 6) is -0.753. The Labute approximate surface area is 209 Å². The lowest BCUT2D eigenvalue weighted by molar-refractivity contribution is -0.125. The van der Waals surface area contributed by atoms with Crippen molar-refractivity contribution in [3.05, 3.63) is 102 Å². The SMILES string of the molecule is O=C(C[C@H]1C=C[C@H](NC(=O)Nc2ccccc2F)[C@@H](CO)O1)NCc1ccc(-c2ccccc2)cc1. The Morgan fingerprint density at radius 1 is 0.889 bits per heavy atom. The Bertz CT molecular complexity index is 1200. The van der Waals surface area contributed by atoms with Crippen LogP contribution >= 0.6 is 0 Å². The van der Waals surface area contributed by atoms with E-state index in [1.54, 1.807) is 18.2 Å². The highest BCUT2D eigenvalue weighted by Gasteiger charge is 2.29. The molecular formula is C28H28FN3O4. The monoisotopic (exact) mass is 489 g/mol. The first-order valence-corrected chi connectivity index (χ1v) is 11.7. The zero-order chi connectivity index (χ0) is 25.3. The number of hydrogen-bond acceptors (Lipinski definition) is 4. The van der Waals surface area contributed by atoms with Crippen LogP contribution in [0.25, 0.3) is 11.1 Å². The minimum absolute atomic E-state index is 0.0421. The molecule has 0 unspecified atom stereocenters. The Hall–Kier alpha value is -4.01. The van der Waals surface area contributed by atoms with Crippen molar-refractivity contribution >= 4 is 17.6 Å². The third-order valence-electron chi connectivity index (χ3n) is 5.82. The lowest BCUT2D eigenvalue weighted by atomic mass is 10.0. The summed E-state index contributed by atoms with van der Waals surface area (Å²) in [6.45, 7) is 0.0228. The van der Waals surface area contributed by atoms with E-state index in [2.05, 4.69) is 16.0 Å². The molecule has 0 bridgehead atoms. The van der Waals surface area contributed by atoms with Crippen LogP contribution in [0.4, 0.5) is 14.9 Å². The highest BCUT2D eigenvalue weighted by Crippen LogP contribution is 2.20. The summed E-state index contributed by atoms with van der Waals surface area (Å²) in [6.07, 6.45) is 2.13. The van der Waals surface area contributed by atoms with Crippen molar-refractivity contribution in [2.24, 2.45) is 0 Å². The molecule has 0 aromatic heterocycles. The van der Waals surface area contributed by atoms with E-state index in [9.17, 15) is 19.1 Å². The standard InChI is InChI=1S/C28H28FN3O4/c29-23-8-4-5-9-24(23)31-28(35)32-25-15-14-22(36-26(25)18-33)16-27(34)30-17-19-10-12-21(13-11-19)20-6-2-1-3-7-20/h1-15,22,25-26,33H,16-18H2,(H,30,34)(H2,31,32,35)/t22-,25+,26-/m1/s1. The van der Waals surface area contributed by atoms with E-state index in [4.69, 9.17) is 4.74 Å². The molecule has 0 radical (unpaired) electrons. The molecule has 4 rings (SSSR count). The summed E-state index contributed by atoms with van der Waals surface area (Å²) in [7, 11) is 0. The van der Waals surface area contributed by atoms with Gasteiger partial charge in [-0.1, -0.05) is 78.9 Å². The second-order valence-electron chi connectivity index (χ2n) is 8.43. The smallest absolute Gasteiger partial charge is 0.319 e. The predicted octanol–water partition coefficient (Wildman–Crippen LogP) is 4.01. The number of carbonyl (C=O) groups excluding carboxylic acids is 2. The van der Waals surface area contributed by atoms with Gasteiger partial charge in [0.15, 0.2) is 0 Å². The lowest BCUT2D eigenvalue weighted by Gasteiger charge is -2.31. The van der Waals surface area contributed by atoms with E-state index >= 15 is 0 Å². The topological polar surface area (TPSA) is 99.7 Å². The van der Waals surface area contributed by atoms with Crippen LogP contribution in [0.3, 0.4) is 0 Å². The molecule has 36 heavy (non-hydrogen) atoms. The maximum absolute atomic E-state index is 13.7. The summed E-state index contributed by atoms with van der Waals surface area (Å²) in [5.41, 5.74) is 3.25. The van der Waals surface area contributed by atoms with Gasteiger partial charge in [0.25, 0.3) is 0 Å². The van der Waals surface area contributed by atoms with Crippen LogP contribution in [-0.4, -0.2) is 41.9 Å². The number of urea groups is 1. The number of rotatable bonds is 8. The number of aliphatic hydroxyl groups excluding tert-OH is 1. The average Bonchev–Trinajstić information content (AvgIpc) is 2.90. The maximum Gasteiger partial charge on any atom is 0.319 e. The van der Waals surface area contributed by atoms with Gasteiger partial charge in [-0.3, -0.25) is 4.79 Å². The van der Waals surface area contributed by atoms with Gasteiger partial charge in [-0.05, 0) is 28.8 Å². The van der Waals surface area contributed by atoms with Gasteiger partial charge >= 0.3 is 6.03 Å². The van der Waals surface area contributed by atoms with Crippen LogP contribution in [0.2, 0.25) is 0 Å². The third-order valence-corrected chi connectivity index (χ3v) is 5.82. The van der Waals surface area contributed by atoms with Gasteiger partial charge in [0, 0.05) is 6.54 Å². The van der Waals surface area contributed by atoms with Crippen molar-refractivity contribution in [1.29, 1.82) is 0 Å². The average molecular weight is 490 g/mol. The predicted molar refractivity (Wildman–Crippen MR) is 136 cm³/mol. The first-order chi connectivity index (χ1) is 17.5. The number of hydrogen-bond donors (Lipinski definition) is 4. The largest absolute Gasteiger partial charge is 0.394 e. The number of para-hydroxylation sites is 1. The van der Waals surface area contributed by atoms with Gasteiger partial charge in [0.05, 0.1) is 30.9 Å². The van der Waals surface area contributed by atoms with Crippen molar-refractivity contribution in [2.75, 3.05) is 11.9 Å². The van der Waals surface area contributed by atoms with Crippen molar-refractivity contribution in [1.82, 2.24) is 10.6 Å². The summed E-state index contributed by atoms with van der Waals surface area (Å²) < 4.78 is 19.5. The third kappa shape index (κ3) is 6.78. The zero-order valence-corrected chi connectivity index (χ0v) is 19.6. The van der Waals surface area contributed by atoms with Gasteiger partial charge in [0.1, 0.15) is 11.9 Å². The molecule has 1 aliphatic rings. The highest BCUT2D eigenvalue weighted by molar-refractivity contribution is 5.89. The quantitative estimate of drug-likeness (QED) is 0.360. The van der Waals surface area contributed by atoms with Crippen molar-refractivity contribution < 1.29 is 23.8 Å². The van der Waals surface area contributed by atoms with Crippen LogP contribution in [0.15, 0.2) is 91.0 Å². The van der Waals surface area contributed by atoms with E-state index in [-0.39, 0.29) is 24.6 Å². The lowest BCUT2D eigenvalue weighted by Crippen LogP contribution is -2.50. The van der Waals surface area contributed by atoms with Crippen LogP contribution in [-0.2, 0) is 16.1 Å². The molecule has 0 aliphatic carbocycles. The number of benzene rings is 3. The highest BCUT2D eigenvalue weighted by atomic mass is 19.1. The van der Waals surface area contributed by atoms with E-state index in [1.807, 2.05) is 54.6 Å². The minimum Gasteiger partial charge on any atom is -0.394 e. The molecule has 7 nitrogen and oxygen atoms in total. The molecule has 0 saturated heterocycles. The van der Waals surface area contributed by atoms with Crippen LogP contribution in [0, 0.1) is 5.82 Å². The van der Waals surface area contributed by atoms with Gasteiger partial charge in [-0.2, -0.15) is 0 Å². The molecule has 0 spiro atoms. The van der Waals surface area contributed by atoms with Crippen LogP contribution < -0.4 is 16.0 Å². The summed E-state index contributed by atoms with van der Waals surface area (Å²) in [4.78, 5) is 24.7. The van der Waals surface area contributed by atoms with Gasteiger partial charge in [-0.15, -0.1) is 0 Å². The van der Waals surface area contributed by atoms with Crippen molar-refractivity contribution in [2.45, 2.75) is 31.2 Å². The molecule has 3 amide bonds. The van der Waals surface area contributed by atoms with E-state index in [0.29, 0.717) is 6.54 Å². The van der Waals surface area contributed by atoms with Gasteiger partial charge < -0.3 is 25.8 Å². The molecule has 1 aliphatic heterocycles. The first-order valence-electron chi connectivity index (χ1n) is 11.7. The number of halogens is 1. The second-order valence-corrected chi connectivity index (χ2v) is 8.43. The Balaban J connectivity index is 1.25. The molecule has 0 saturated carbocycles. The number of aliphatic hydroxyl groups is 1. The fraction of sp³-hybridized carbons (Fsp3) is 0.214. The molecule has 3 aromatic carbocycles. The normalized spacial score (nSPS) is 18.9. The number of ether oxygens (including phenoxy) is 1. The van der Waals surface area contributed by atoms with Crippen LogP contribution in [0.1, 0.15) is 12.0 Å². The molecule has 3 atom stereocenters. The number of carbonyl (C=O) groups is 2. The Morgan fingerprint density at radius 3 is 2.31 bits per heavy atom. The second kappa shape index (κ2) is 12.1. The molecule has 3 aromatic rings. The fourth-order valence-electron chi connectivity index (χ4n) is 3.91. The fourth-order valence-corrected chi connectivity index (χ4v) is 3.91. The van der Waals surface area contributed by atoms with Gasteiger partial charge in [0.2, 0.25) is 5.91 Å². The van der Waals surface area contributed by atoms with Crippen molar-refractivity contribution in [3.8, 4) is 11.1 Å². The van der Waals surface area contributed by atoms with E-state index in [1.165, 1.54) is 18.2 Å². The summed E-state index contributed by atoms with van der Waals surface area (Å²) in [5, 5.41) is 17.7. The summed E-state index contributed by atoms with van der Waals surface area (Å²) >= 11 is 0. The molecule has 4 N–H and O–H groups in total. The first kappa shape index (κ1) is 25.1. The zero-order valence-electron chi connectivity index (χ0n) is 19.6. The molecule has 0 fully saturated rings.